The maximum Gasteiger partial charge on any atom is 0.271 e. The highest BCUT2D eigenvalue weighted by molar-refractivity contribution is 7.94. The van der Waals surface area contributed by atoms with Gasteiger partial charge in [0.2, 0.25) is 0 Å². The number of hydrogen-bond donors (Lipinski definition) is 2. The molecule has 0 saturated heterocycles. The fourth-order valence-electron chi connectivity index (χ4n) is 1.49. The molecular weight excluding hydrogens is 306 g/mol. The van der Waals surface area contributed by atoms with Crippen LogP contribution in [0.25, 0.3) is 0 Å². The second-order valence-corrected chi connectivity index (χ2v) is 7.69. The molecule has 19 heavy (non-hydrogen) atoms. The van der Waals surface area contributed by atoms with Crippen LogP contribution in [0.5, 0.6) is 5.75 Å². The first-order valence-corrected chi connectivity index (χ1v) is 8.06. The van der Waals surface area contributed by atoms with E-state index in [4.69, 9.17) is 11.6 Å². The second kappa shape index (κ2) is 5.03. The Morgan fingerprint density at radius 3 is 2.42 bits per heavy atom. The van der Waals surface area contributed by atoms with Crippen molar-refractivity contribution in [1.29, 1.82) is 0 Å². The molecule has 0 amide bonds. The summed E-state index contributed by atoms with van der Waals surface area (Å²) in [5, 5.41) is 9.41. The van der Waals surface area contributed by atoms with Crippen LogP contribution in [-0.4, -0.2) is 13.5 Å². The lowest BCUT2D eigenvalue weighted by Crippen LogP contribution is -2.11. The van der Waals surface area contributed by atoms with Crippen LogP contribution in [0.15, 0.2) is 28.5 Å². The lowest BCUT2D eigenvalue weighted by molar-refractivity contribution is 0.471. The van der Waals surface area contributed by atoms with E-state index >= 15 is 0 Å². The number of sulfonamides is 1. The monoisotopic (exact) mass is 317 g/mol. The van der Waals surface area contributed by atoms with Crippen LogP contribution in [0.2, 0.25) is 4.34 Å². The van der Waals surface area contributed by atoms with Gasteiger partial charge in [-0.2, -0.15) is 0 Å². The molecule has 7 heteroatoms. The van der Waals surface area contributed by atoms with E-state index in [-0.39, 0.29) is 9.96 Å². The number of aromatic hydroxyl groups is 1. The summed E-state index contributed by atoms with van der Waals surface area (Å²) >= 11 is 6.89. The van der Waals surface area contributed by atoms with Crippen LogP contribution in [0.1, 0.15) is 11.1 Å². The number of hydrogen-bond acceptors (Lipinski definition) is 4. The minimum absolute atomic E-state index is 0.123. The summed E-state index contributed by atoms with van der Waals surface area (Å²) in [5.41, 5.74) is 1.73. The van der Waals surface area contributed by atoms with Gasteiger partial charge in [0.1, 0.15) is 9.96 Å². The lowest BCUT2D eigenvalue weighted by Gasteiger charge is -2.07. The number of thiophene rings is 1. The third-order valence-corrected chi connectivity index (χ3v) is 5.96. The van der Waals surface area contributed by atoms with E-state index in [0.717, 1.165) is 16.9 Å². The SMILES string of the molecule is Cc1cc(NS(=O)(=O)c2cc(C)c(Cl)s2)ccc1O. The molecule has 102 valence electrons. The topological polar surface area (TPSA) is 66.4 Å². The van der Waals surface area contributed by atoms with Crippen molar-refractivity contribution in [1.82, 2.24) is 0 Å². The van der Waals surface area contributed by atoms with Gasteiger partial charge in [0, 0.05) is 5.69 Å². The maximum atomic E-state index is 12.1. The molecule has 0 spiro atoms. The van der Waals surface area contributed by atoms with Crippen LogP contribution in [0.4, 0.5) is 5.69 Å². The predicted molar refractivity (Wildman–Crippen MR) is 77.7 cm³/mol. The van der Waals surface area contributed by atoms with E-state index < -0.39 is 10.0 Å². The van der Waals surface area contributed by atoms with Gasteiger partial charge in [-0.25, -0.2) is 8.42 Å². The van der Waals surface area contributed by atoms with Gasteiger partial charge >= 0.3 is 0 Å². The molecule has 2 N–H and O–H groups in total. The van der Waals surface area contributed by atoms with E-state index in [9.17, 15) is 13.5 Å². The molecule has 0 aliphatic rings. The van der Waals surface area contributed by atoms with E-state index in [1.807, 2.05) is 0 Å². The number of phenols is 1. The molecule has 1 aromatic heterocycles. The average Bonchev–Trinajstić information content (AvgIpc) is 2.65. The van der Waals surface area contributed by atoms with Gasteiger partial charge in [0.25, 0.3) is 10.0 Å². The van der Waals surface area contributed by atoms with E-state index in [2.05, 4.69) is 4.72 Å². The van der Waals surface area contributed by atoms with Crippen LogP contribution in [0, 0.1) is 13.8 Å². The molecule has 2 rings (SSSR count). The molecule has 4 nitrogen and oxygen atoms in total. The first-order chi connectivity index (χ1) is 8.79. The number of anilines is 1. The van der Waals surface area contributed by atoms with Gasteiger partial charge in [-0.05, 0) is 49.2 Å². The van der Waals surface area contributed by atoms with Gasteiger partial charge in [0.15, 0.2) is 0 Å². The zero-order valence-electron chi connectivity index (χ0n) is 10.3. The smallest absolute Gasteiger partial charge is 0.271 e. The molecule has 0 atom stereocenters. The first kappa shape index (κ1) is 14.2. The van der Waals surface area contributed by atoms with Gasteiger partial charge in [-0.3, -0.25) is 4.72 Å². The van der Waals surface area contributed by atoms with Crippen molar-refractivity contribution >= 4 is 38.6 Å². The fourth-order valence-corrected chi connectivity index (χ4v) is 4.25. The molecule has 0 radical (unpaired) electrons. The van der Waals surface area contributed by atoms with Crippen molar-refractivity contribution in [2.75, 3.05) is 4.72 Å². The second-order valence-electron chi connectivity index (χ2n) is 4.13. The van der Waals surface area contributed by atoms with Crippen molar-refractivity contribution < 1.29 is 13.5 Å². The Morgan fingerprint density at radius 1 is 1.21 bits per heavy atom. The van der Waals surface area contributed by atoms with E-state index in [0.29, 0.717) is 15.6 Å². The zero-order chi connectivity index (χ0) is 14.2. The zero-order valence-corrected chi connectivity index (χ0v) is 12.7. The minimum Gasteiger partial charge on any atom is -0.508 e. The Hall–Kier alpha value is -1.24. The Balaban J connectivity index is 2.33. The Kier molecular flexibility index (Phi) is 3.75. The number of aryl methyl sites for hydroxylation is 2. The van der Waals surface area contributed by atoms with Crippen molar-refractivity contribution in [3.05, 3.63) is 39.7 Å². The number of nitrogens with one attached hydrogen (secondary N) is 1. The third kappa shape index (κ3) is 3.02. The molecular formula is C12H12ClNO3S2. The lowest BCUT2D eigenvalue weighted by atomic mass is 10.2. The van der Waals surface area contributed by atoms with Crippen molar-refractivity contribution in [2.24, 2.45) is 0 Å². The van der Waals surface area contributed by atoms with Crippen LogP contribution >= 0.6 is 22.9 Å². The first-order valence-electron chi connectivity index (χ1n) is 5.38. The molecule has 0 unspecified atom stereocenters. The average molecular weight is 318 g/mol. The van der Waals surface area contributed by atoms with Crippen molar-refractivity contribution in [2.45, 2.75) is 18.1 Å². The third-order valence-electron chi connectivity index (χ3n) is 2.55. The molecule has 2 aromatic rings. The highest BCUT2D eigenvalue weighted by Crippen LogP contribution is 2.31. The van der Waals surface area contributed by atoms with Gasteiger partial charge in [-0.1, -0.05) is 11.6 Å². The molecule has 0 aliphatic heterocycles. The summed E-state index contributed by atoms with van der Waals surface area (Å²) in [6.45, 7) is 3.45. The summed E-state index contributed by atoms with van der Waals surface area (Å²) in [4.78, 5) is 0. The van der Waals surface area contributed by atoms with Crippen LogP contribution < -0.4 is 4.72 Å². The highest BCUT2D eigenvalue weighted by Gasteiger charge is 2.18. The van der Waals surface area contributed by atoms with E-state index in [1.165, 1.54) is 18.2 Å². The van der Waals surface area contributed by atoms with E-state index in [1.54, 1.807) is 19.9 Å². The predicted octanol–water partition coefficient (Wildman–Crippen LogP) is 3.52. The number of rotatable bonds is 3. The minimum atomic E-state index is -3.64. The van der Waals surface area contributed by atoms with Crippen molar-refractivity contribution in [3.8, 4) is 5.75 Å². The molecule has 0 fully saturated rings. The summed E-state index contributed by atoms with van der Waals surface area (Å²) in [6, 6.07) is 6.04. The molecule has 0 bridgehead atoms. The van der Waals surface area contributed by atoms with Crippen molar-refractivity contribution in [3.63, 3.8) is 0 Å². The quantitative estimate of drug-likeness (QED) is 0.851. The number of halogens is 1. The Bertz CT molecular complexity index is 703. The highest BCUT2D eigenvalue weighted by atomic mass is 35.5. The molecule has 0 aliphatic carbocycles. The number of phenolic OH excluding ortho intramolecular Hbond substituents is 1. The summed E-state index contributed by atoms with van der Waals surface area (Å²) < 4.78 is 27.4. The Morgan fingerprint density at radius 2 is 1.89 bits per heavy atom. The molecule has 1 aromatic carbocycles. The van der Waals surface area contributed by atoms with Crippen LogP contribution in [0.3, 0.4) is 0 Å². The van der Waals surface area contributed by atoms with Gasteiger partial charge in [0.05, 0.1) is 4.34 Å². The Labute approximate surface area is 120 Å². The fraction of sp³-hybridized carbons (Fsp3) is 0.167. The standard InChI is InChI=1S/C12H12ClNO3S2/c1-7-5-9(3-4-10(7)15)14-19(16,17)11-6-8(2)12(13)18-11/h3-6,14-15H,1-2H3. The van der Waals surface area contributed by atoms with Gasteiger partial charge in [-0.15, -0.1) is 11.3 Å². The summed E-state index contributed by atoms with van der Waals surface area (Å²) in [6.07, 6.45) is 0. The normalized spacial score (nSPS) is 11.5. The van der Waals surface area contributed by atoms with Crippen LogP contribution in [-0.2, 0) is 10.0 Å². The molecule has 1 heterocycles. The largest absolute Gasteiger partial charge is 0.508 e. The summed E-state index contributed by atoms with van der Waals surface area (Å²) in [7, 11) is -3.64. The summed E-state index contributed by atoms with van der Waals surface area (Å²) in [5.74, 6) is 0.123. The number of benzene rings is 1. The molecule has 0 saturated carbocycles. The maximum absolute atomic E-state index is 12.1. The van der Waals surface area contributed by atoms with Gasteiger partial charge < -0.3 is 5.11 Å².